The van der Waals surface area contributed by atoms with E-state index in [1.54, 1.807) is 18.2 Å². The van der Waals surface area contributed by atoms with Gasteiger partial charge in [-0.1, -0.05) is 13.8 Å². The Morgan fingerprint density at radius 1 is 1.27 bits per heavy atom. The van der Waals surface area contributed by atoms with E-state index in [-0.39, 0.29) is 5.04 Å². The monoisotopic (exact) mass is 402 g/mol. The van der Waals surface area contributed by atoms with Crippen LogP contribution in [0, 0.1) is 0 Å². The molecule has 0 unspecified atom stereocenters. The molecule has 4 N–H and O–H groups in total. The molecule has 1 aromatic carbocycles. The minimum atomic E-state index is -3.31. The van der Waals surface area contributed by atoms with Crippen LogP contribution in [0.4, 0.5) is 5.69 Å². The van der Waals surface area contributed by atoms with E-state index >= 15 is 0 Å². The summed E-state index contributed by atoms with van der Waals surface area (Å²) in [7, 11) is -5.52. The molecular formula is C18H34N2O4SSi. The summed E-state index contributed by atoms with van der Waals surface area (Å²) in [6.07, 6.45) is 4.41. The van der Waals surface area contributed by atoms with E-state index < -0.39 is 18.3 Å². The van der Waals surface area contributed by atoms with Crippen molar-refractivity contribution in [2.24, 2.45) is 5.73 Å². The van der Waals surface area contributed by atoms with Gasteiger partial charge in [-0.25, -0.2) is 8.42 Å². The number of ether oxygens (including phenoxy) is 1. The molecule has 8 heteroatoms. The summed E-state index contributed by atoms with van der Waals surface area (Å²) in [6, 6.07) is 5.31. The van der Waals surface area contributed by atoms with Crippen LogP contribution in [0.15, 0.2) is 18.2 Å². The van der Waals surface area contributed by atoms with Crippen LogP contribution in [0.3, 0.4) is 0 Å². The highest BCUT2D eigenvalue weighted by Crippen LogP contribution is 2.39. The lowest BCUT2D eigenvalue weighted by Crippen LogP contribution is -2.39. The number of nitrogens with one attached hydrogen (secondary N) is 1. The largest absolute Gasteiger partial charge is 0.493 e. The van der Waals surface area contributed by atoms with E-state index in [0.29, 0.717) is 18.8 Å². The Kier molecular flexibility index (Phi) is 8.13. The number of hydrogen-bond donors (Lipinski definition) is 3. The quantitative estimate of drug-likeness (QED) is 0.390. The second-order valence-electron chi connectivity index (χ2n) is 7.98. The lowest BCUT2D eigenvalue weighted by Gasteiger charge is -2.35. The van der Waals surface area contributed by atoms with Crippen LogP contribution in [-0.4, -0.2) is 40.9 Å². The molecule has 26 heavy (non-hydrogen) atoms. The summed E-state index contributed by atoms with van der Waals surface area (Å²) in [4.78, 5) is 10.4. The van der Waals surface area contributed by atoms with E-state index in [4.69, 9.17) is 10.5 Å². The van der Waals surface area contributed by atoms with Crippen LogP contribution in [0.25, 0.3) is 0 Å². The zero-order valence-corrected chi connectivity index (χ0v) is 18.4. The van der Waals surface area contributed by atoms with E-state index in [2.05, 4.69) is 18.6 Å². The third kappa shape index (κ3) is 7.65. The first-order valence-electron chi connectivity index (χ1n) is 9.02. The average Bonchev–Trinajstić information content (AvgIpc) is 2.48. The third-order valence-electron chi connectivity index (χ3n) is 4.87. The number of anilines is 1. The Labute approximate surface area is 159 Å². The normalized spacial score (nSPS) is 12.9. The fourth-order valence-electron chi connectivity index (χ4n) is 2.49. The SMILES string of the molecule is CC(C)(CCCOc1ccc(NS(C)(=O)=O)cc1CCCN)[Si](C)(C)O. The molecule has 0 bridgehead atoms. The van der Waals surface area contributed by atoms with Gasteiger partial charge in [0.15, 0.2) is 8.32 Å². The van der Waals surface area contributed by atoms with Crippen molar-refractivity contribution in [1.82, 2.24) is 0 Å². The molecule has 0 heterocycles. The van der Waals surface area contributed by atoms with Crippen LogP contribution in [-0.2, 0) is 16.4 Å². The highest BCUT2D eigenvalue weighted by atomic mass is 32.2. The molecule has 0 amide bonds. The number of nitrogens with two attached hydrogens (primary N) is 1. The fraction of sp³-hybridized carbons (Fsp3) is 0.667. The van der Waals surface area contributed by atoms with E-state index in [9.17, 15) is 13.2 Å². The first-order chi connectivity index (χ1) is 11.9. The number of rotatable bonds is 11. The number of hydrogen-bond acceptors (Lipinski definition) is 5. The van der Waals surface area contributed by atoms with Gasteiger partial charge < -0.3 is 15.3 Å². The van der Waals surface area contributed by atoms with Gasteiger partial charge in [0.1, 0.15) is 5.75 Å². The molecule has 0 aliphatic carbocycles. The van der Waals surface area contributed by atoms with Gasteiger partial charge in [-0.2, -0.15) is 0 Å². The molecule has 0 fully saturated rings. The lowest BCUT2D eigenvalue weighted by atomic mass is 10.1. The van der Waals surface area contributed by atoms with E-state index in [1.807, 2.05) is 13.1 Å². The Balaban J connectivity index is 2.75. The lowest BCUT2D eigenvalue weighted by molar-refractivity contribution is 0.291. The number of benzene rings is 1. The molecule has 0 spiro atoms. The van der Waals surface area contributed by atoms with Gasteiger partial charge in [-0.3, -0.25) is 4.72 Å². The van der Waals surface area contributed by atoms with Crippen molar-refractivity contribution in [3.63, 3.8) is 0 Å². The summed E-state index contributed by atoms with van der Waals surface area (Å²) in [5.41, 5.74) is 7.08. The molecule has 150 valence electrons. The predicted octanol–water partition coefficient (Wildman–Crippen LogP) is 3.09. The van der Waals surface area contributed by atoms with Crippen molar-refractivity contribution >= 4 is 24.0 Å². The molecule has 1 rings (SSSR count). The first kappa shape index (κ1) is 22.9. The third-order valence-corrected chi connectivity index (χ3v) is 9.04. The van der Waals surface area contributed by atoms with Crippen molar-refractivity contribution in [3.05, 3.63) is 23.8 Å². The maximum Gasteiger partial charge on any atom is 0.229 e. The Bertz CT molecular complexity index is 685. The average molecular weight is 403 g/mol. The molecule has 0 saturated heterocycles. The zero-order chi connectivity index (χ0) is 20.0. The van der Waals surface area contributed by atoms with Crippen molar-refractivity contribution in [2.45, 2.75) is 57.7 Å². The molecule has 0 radical (unpaired) electrons. The summed E-state index contributed by atoms with van der Waals surface area (Å²) >= 11 is 0. The topological polar surface area (TPSA) is 102 Å². The molecule has 0 aliphatic heterocycles. The molecule has 0 aliphatic rings. The predicted molar refractivity (Wildman–Crippen MR) is 111 cm³/mol. The molecule has 1 aromatic rings. The van der Waals surface area contributed by atoms with Crippen molar-refractivity contribution in [2.75, 3.05) is 24.1 Å². The molecule has 0 saturated carbocycles. The van der Waals surface area contributed by atoms with Gasteiger partial charge in [-0.05, 0) is 74.1 Å². The van der Waals surface area contributed by atoms with Gasteiger partial charge in [0.05, 0.1) is 12.9 Å². The molecule has 6 nitrogen and oxygen atoms in total. The van der Waals surface area contributed by atoms with Gasteiger partial charge in [0, 0.05) is 5.69 Å². The summed E-state index contributed by atoms with van der Waals surface area (Å²) in [6.45, 7) is 9.27. The molecule has 0 atom stereocenters. The minimum absolute atomic E-state index is 0.0675. The zero-order valence-electron chi connectivity index (χ0n) is 16.6. The fourth-order valence-corrected chi connectivity index (χ4v) is 3.83. The molecular weight excluding hydrogens is 368 g/mol. The maximum absolute atomic E-state index is 11.4. The highest BCUT2D eigenvalue weighted by Gasteiger charge is 2.37. The van der Waals surface area contributed by atoms with Gasteiger partial charge in [0.25, 0.3) is 0 Å². The minimum Gasteiger partial charge on any atom is -0.493 e. The van der Waals surface area contributed by atoms with Gasteiger partial charge in [-0.15, -0.1) is 0 Å². The van der Waals surface area contributed by atoms with Crippen LogP contribution < -0.4 is 15.2 Å². The smallest absolute Gasteiger partial charge is 0.229 e. The van der Waals surface area contributed by atoms with Crippen molar-refractivity contribution < 1.29 is 18.0 Å². The van der Waals surface area contributed by atoms with E-state index in [0.717, 1.165) is 43.3 Å². The standard InChI is InChI=1S/C18H34N2O4SSi/c1-18(2,26(4,5)23)11-7-13-24-17-10-9-16(20-25(3,21)22)14-15(17)8-6-12-19/h9-10,14,20,23H,6-8,11-13,19H2,1-5H3. The molecule has 0 aromatic heterocycles. The van der Waals surface area contributed by atoms with Crippen molar-refractivity contribution in [1.29, 1.82) is 0 Å². The number of sulfonamides is 1. The van der Waals surface area contributed by atoms with Gasteiger partial charge >= 0.3 is 0 Å². The summed E-state index contributed by atoms with van der Waals surface area (Å²) in [5, 5.41) is -0.0675. The van der Waals surface area contributed by atoms with Crippen molar-refractivity contribution in [3.8, 4) is 5.75 Å². The highest BCUT2D eigenvalue weighted by molar-refractivity contribution is 7.92. The first-order valence-corrected chi connectivity index (χ1v) is 13.9. The van der Waals surface area contributed by atoms with Crippen LogP contribution in [0.1, 0.15) is 38.7 Å². The Morgan fingerprint density at radius 3 is 2.46 bits per heavy atom. The van der Waals surface area contributed by atoms with Crippen LogP contribution in [0.2, 0.25) is 18.1 Å². The van der Waals surface area contributed by atoms with Crippen LogP contribution in [0.5, 0.6) is 5.75 Å². The van der Waals surface area contributed by atoms with E-state index in [1.165, 1.54) is 0 Å². The van der Waals surface area contributed by atoms with Crippen LogP contribution >= 0.6 is 0 Å². The van der Waals surface area contributed by atoms with Gasteiger partial charge in [0.2, 0.25) is 10.0 Å². The summed E-state index contributed by atoms with van der Waals surface area (Å²) < 4.78 is 31.3. The Hall–Kier alpha value is -1.09. The summed E-state index contributed by atoms with van der Waals surface area (Å²) in [5.74, 6) is 0.760. The second kappa shape index (κ2) is 9.21. The maximum atomic E-state index is 11.4. The Morgan fingerprint density at radius 2 is 1.92 bits per heavy atom. The second-order valence-corrected chi connectivity index (χ2v) is 14.2. The number of aryl methyl sites for hydroxylation is 1.